The highest BCUT2D eigenvalue weighted by Gasteiger charge is 2.30. The fraction of sp³-hybridized carbons (Fsp3) is 0.0189. The Balaban J connectivity index is 1.09. The molecular weight excluding hydrogens is 667 g/mol. The van der Waals surface area contributed by atoms with Gasteiger partial charge in [-0.2, -0.15) is 0 Å². The lowest BCUT2D eigenvalue weighted by atomic mass is 9.88. The van der Waals surface area contributed by atoms with Crippen molar-refractivity contribution in [2.45, 2.75) is 5.92 Å². The molecule has 2 heterocycles. The Labute approximate surface area is 318 Å². The van der Waals surface area contributed by atoms with E-state index in [1.54, 1.807) is 0 Å². The Kier molecular flexibility index (Phi) is 6.43. The molecule has 2 heteroatoms. The van der Waals surface area contributed by atoms with Crippen LogP contribution in [0.4, 0.5) is 0 Å². The fourth-order valence-corrected chi connectivity index (χ4v) is 9.41. The molecule has 2 aromatic heterocycles. The average Bonchev–Trinajstić information content (AvgIpc) is 3.91. The summed E-state index contributed by atoms with van der Waals surface area (Å²) < 4.78 is 9.05. The van der Waals surface area contributed by atoms with Crippen molar-refractivity contribution in [2.24, 2.45) is 0 Å². The normalized spacial score (nSPS) is 13.6. The summed E-state index contributed by atoms with van der Waals surface area (Å²) in [6.07, 6.45) is 0. The second-order valence-corrected chi connectivity index (χ2v) is 14.8. The van der Waals surface area contributed by atoms with E-state index < -0.39 is 0 Å². The molecule has 2 nitrogen and oxygen atoms in total. The molecule has 0 aliphatic heterocycles. The molecule has 12 rings (SSSR count). The van der Waals surface area contributed by atoms with Crippen LogP contribution in [-0.2, 0) is 0 Å². The van der Waals surface area contributed by atoms with Crippen LogP contribution in [-0.4, -0.2) is 4.57 Å². The lowest BCUT2D eigenvalue weighted by molar-refractivity contribution is 0.670. The third-order valence-electron chi connectivity index (χ3n) is 11.9. The van der Waals surface area contributed by atoms with Gasteiger partial charge in [0.2, 0.25) is 0 Å². The Hall–Kier alpha value is -7.16. The molecule has 1 aliphatic rings. The van der Waals surface area contributed by atoms with Gasteiger partial charge in [-0.15, -0.1) is 0 Å². The van der Waals surface area contributed by atoms with Gasteiger partial charge in [0.25, 0.3) is 0 Å². The first-order valence-electron chi connectivity index (χ1n) is 19.0. The smallest absolute Gasteiger partial charge is 0.143 e. The van der Waals surface area contributed by atoms with Crippen molar-refractivity contribution >= 4 is 54.5 Å². The SMILES string of the molecule is c1ccc(C2c3ccccc3-c3ccc(-c4ccc5c6ccccc6n(-c6cc(-c7cccc8c7oc7ccccc78)cc7ccccc67)c5c4)cc32)cc1. The van der Waals surface area contributed by atoms with E-state index >= 15 is 0 Å². The number of aromatic nitrogens is 1. The molecule has 0 radical (unpaired) electrons. The van der Waals surface area contributed by atoms with Crippen molar-refractivity contribution in [3.63, 3.8) is 0 Å². The number of furan rings is 1. The van der Waals surface area contributed by atoms with E-state index in [0.29, 0.717) is 0 Å². The molecule has 256 valence electrons. The topological polar surface area (TPSA) is 18.1 Å². The molecule has 1 aliphatic carbocycles. The molecule has 0 N–H and O–H groups in total. The lowest BCUT2D eigenvalue weighted by Crippen LogP contribution is -1.99. The second-order valence-electron chi connectivity index (χ2n) is 14.8. The first-order valence-corrected chi connectivity index (χ1v) is 19.0. The molecule has 55 heavy (non-hydrogen) atoms. The number of hydrogen-bond donors (Lipinski definition) is 0. The molecular formula is C53H33NO. The van der Waals surface area contributed by atoms with Crippen molar-refractivity contribution in [1.29, 1.82) is 0 Å². The molecule has 0 fully saturated rings. The average molecular weight is 700 g/mol. The highest BCUT2D eigenvalue weighted by Crippen LogP contribution is 2.49. The van der Waals surface area contributed by atoms with Gasteiger partial charge >= 0.3 is 0 Å². The molecule has 0 bridgehead atoms. The monoisotopic (exact) mass is 699 g/mol. The third-order valence-corrected chi connectivity index (χ3v) is 11.9. The van der Waals surface area contributed by atoms with Crippen molar-refractivity contribution in [2.75, 3.05) is 0 Å². The first kappa shape index (κ1) is 30.3. The minimum absolute atomic E-state index is 0.202. The zero-order valence-corrected chi connectivity index (χ0v) is 29.9. The van der Waals surface area contributed by atoms with Crippen molar-refractivity contribution < 1.29 is 4.42 Å². The van der Waals surface area contributed by atoms with Gasteiger partial charge in [-0.25, -0.2) is 0 Å². The van der Waals surface area contributed by atoms with Crippen LogP contribution in [0.3, 0.4) is 0 Å². The maximum Gasteiger partial charge on any atom is 0.143 e. The number of nitrogens with zero attached hydrogens (tertiary/aromatic N) is 1. The van der Waals surface area contributed by atoms with E-state index in [1.165, 1.54) is 71.5 Å². The minimum atomic E-state index is 0.202. The summed E-state index contributed by atoms with van der Waals surface area (Å²) in [4.78, 5) is 0. The number of hydrogen-bond acceptors (Lipinski definition) is 1. The summed E-state index contributed by atoms with van der Waals surface area (Å²) in [5.74, 6) is 0.202. The van der Waals surface area contributed by atoms with Gasteiger partial charge in [0, 0.05) is 38.4 Å². The molecule has 0 amide bonds. The predicted octanol–water partition coefficient (Wildman–Crippen LogP) is 14.3. The molecule has 1 unspecified atom stereocenters. The minimum Gasteiger partial charge on any atom is -0.455 e. The predicted molar refractivity (Wildman–Crippen MR) is 229 cm³/mol. The fourth-order valence-electron chi connectivity index (χ4n) is 9.41. The Bertz CT molecular complexity index is 3330. The largest absolute Gasteiger partial charge is 0.455 e. The van der Waals surface area contributed by atoms with Gasteiger partial charge in [0.05, 0.1) is 16.7 Å². The summed E-state index contributed by atoms with van der Waals surface area (Å²) in [7, 11) is 0. The molecule has 0 spiro atoms. The van der Waals surface area contributed by atoms with Crippen LogP contribution in [0.2, 0.25) is 0 Å². The van der Waals surface area contributed by atoms with Crippen LogP contribution in [0.25, 0.3) is 93.6 Å². The van der Waals surface area contributed by atoms with Crippen LogP contribution < -0.4 is 0 Å². The lowest BCUT2D eigenvalue weighted by Gasteiger charge is -2.16. The molecule has 0 saturated heterocycles. The van der Waals surface area contributed by atoms with Gasteiger partial charge in [-0.3, -0.25) is 0 Å². The van der Waals surface area contributed by atoms with Crippen LogP contribution in [0.1, 0.15) is 22.6 Å². The van der Waals surface area contributed by atoms with E-state index in [1.807, 2.05) is 6.07 Å². The van der Waals surface area contributed by atoms with Gasteiger partial charge in [-0.05, 0) is 86.3 Å². The van der Waals surface area contributed by atoms with E-state index in [4.69, 9.17) is 4.42 Å². The maximum atomic E-state index is 6.57. The van der Waals surface area contributed by atoms with E-state index in [9.17, 15) is 0 Å². The van der Waals surface area contributed by atoms with Crippen molar-refractivity contribution in [1.82, 2.24) is 4.57 Å². The summed E-state index contributed by atoms with van der Waals surface area (Å²) in [5, 5.41) is 7.15. The van der Waals surface area contributed by atoms with Crippen molar-refractivity contribution in [3.05, 3.63) is 211 Å². The van der Waals surface area contributed by atoms with E-state index in [2.05, 4.69) is 193 Å². The number of rotatable bonds is 4. The van der Waals surface area contributed by atoms with E-state index in [-0.39, 0.29) is 5.92 Å². The van der Waals surface area contributed by atoms with Gasteiger partial charge in [-0.1, -0.05) is 158 Å². The zero-order valence-electron chi connectivity index (χ0n) is 29.9. The molecule has 9 aromatic carbocycles. The van der Waals surface area contributed by atoms with Gasteiger partial charge in [0.1, 0.15) is 11.2 Å². The van der Waals surface area contributed by atoms with Crippen LogP contribution in [0, 0.1) is 0 Å². The molecule has 11 aromatic rings. The number of fused-ring (bicyclic) bond motifs is 10. The second kappa shape index (κ2) is 11.7. The van der Waals surface area contributed by atoms with Crippen LogP contribution >= 0.6 is 0 Å². The Morgan fingerprint density at radius 2 is 1.05 bits per heavy atom. The molecule has 0 saturated carbocycles. The van der Waals surface area contributed by atoms with Crippen molar-refractivity contribution in [3.8, 4) is 39.1 Å². The summed E-state index contributed by atoms with van der Waals surface area (Å²) in [6, 6.07) is 71.0. The van der Waals surface area contributed by atoms with Crippen LogP contribution in [0.5, 0.6) is 0 Å². The summed E-state index contributed by atoms with van der Waals surface area (Å²) in [5.41, 5.74) is 16.7. The first-order chi connectivity index (χ1) is 27.3. The highest BCUT2D eigenvalue weighted by molar-refractivity contribution is 6.13. The molecule has 1 atom stereocenters. The highest BCUT2D eigenvalue weighted by atomic mass is 16.3. The third kappa shape index (κ3) is 4.49. The van der Waals surface area contributed by atoms with Gasteiger partial charge in [0.15, 0.2) is 0 Å². The van der Waals surface area contributed by atoms with Gasteiger partial charge < -0.3 is 8.98 Å². The van der Waals surface area contributed by atoms with Crippen LogP contribution in [0.15, 0.2) is 199 Å². The zero-order chi connectivity index (χ0) is 36.0. The summed E-state index contributed by atoms with van der Waals surface area (Å²) in [6.45, 7) is 0. The summed E-state index contributed by atoms with van der Waals surface area (Å²) >= 11 is 0. The Morgan fingerprint density at radius 3 is 1.98 bits per heavy atom. The van der Waals surface area contributed by atoms with E-state index in [0.717, 1.165) is 38.8 Å². The number of benzene rings is 9. The standard InChI is InChI=1S/C53H33NO/c1-2-13-33(14-3-1)52-45-20-7-6-17-40(45)41-27-25-34(30-47(41)52)35-26-28-43-42-18-8-10-23-48(42)54(50(43)31-35)49-32-37(29-36-15-4-5-16-38(36)49)39-21-12-22-46-44-19-9-11-24-51(44)55-53(39)46/h1-32,52H. The number of para-hydroxylation sites is 3. The Morgan fingerprint density at radius 1 is 0.382 bits per heavy atom. The maximum absolute atomic E-state index is 6.57. The quantitative estimate of drug-likeness (QED) is 0.179.